The minimum Gasteiger partial charge on any atom is -0.496 e. The Morgan fingerprint density at radius 1 is 0.879 bits per heavy atom. The summed E-state index contributed by atoms with van der Waals surface area (Å²) in [4.78, 5) is 12.8. The lowest BCUT2D eigenvalue weighted by atomic mass is 10.1. The van der Waals surface area contributed by atoms with Crippen molar-refractivity contribution >= 4 is 21.6 Å². The van der Waals surface area contributed by atoms with E-state index in [2.05, 4.69) is 10.0 Å². The van der Waals surface area contributed by atoms with E-state index in [1.54, 1.807) is 24.3 Å². The van der Waals surface area contributed by atoms with Gasteiger partial charge in [0.15, 0.2) is 11.5 Å². The van der Waals surface area contributed by atoms with Crippen LogP contribution in [0.3, 0.4) is 0 Å². The van der Waals surface area contributed by atoms with Crippen molar-refractivity contribution < 1.29 is 31.8 Å². The molecule has 0 saturated heterocycles. The molecule has 33 heavy (non-hydrogen) atoms. The van der Waals surface area contributed by atoms with E-state index in [9.17, 15) is 17.6 Å². The van der Waals surface area contributed by atoms with Crippen molar-refractivity contribution in [3.8, 4) is 17.2 Å². The Hall–Kier alpha value is -3.79. The molecule has 0 bridgehead atoms. The van der Waals surface area contributed by atoms with Crippen molar-refractivity contribution in [2.24, 2.45) is 0 Å². The fraction of sp³-hybridized carbons (Fsp3) is 0.174. The molecule has 0 fully saturated rings. The van der Waals surface area contributed by atoms with E-state index in [1.807, 2.05) is 0 Å². The number of sulfonamides is 1. The summed E-state index contributed by atoms with van der Waals surface area (Å²) in [5, 5.41) is 2.75. The Morgan fingerprint density at radius 2 is 1.48 bits per heavy atom. The molecule has 0 heterocycles. The largest absolute Gasteiger partial charge is 0.496 e. The van der Waals surface area contributed by atoms with Gasteiger partial charge in [0.25, 0.3) is 15.9 Å². The number of nitrogens with one attached hydrogen (secondary N) is 2. The van der Waals surface area contributed by atoms with Crippen LogP contribution in [-0.2, 0) is 16.6 Å². The Morgan fingerprint density at radius 3 is 2.12 bits per heavy atom. The summed E-state index contributed by atoms with van der Waals surface area (Å²) < 4.78 is 56.8. The van der Waals surface area contributed by atoms with Gasteiger partial charge in [0.2, 0.25) is 0 Å². The molecule has 0 aromatic heterocycles. The molecule has 0 atom stereocenters. The normalized spacial score (nSPS) is 10.9. The molecule has 10 heteroatoms. The molecular formula is C23H23FN2O6S. The van der Waals surface area contributed by atoms with E-state index in [1.165, 1.54) is 33.5 Å². The van der Waals surface area contributed by atoms with Crippen LogP contribution in [0.4, 0.5) is 10.1 Å². The van der Waals surface area contributed by atoms with Crippen molar-refractivity contribution in [3.63, 3.8) is 0 Å². The summed E-state index contributed by atoms with van der Waals surface area (Å²) in [6, 6.07) is 13.9. The average molecular weight is 475 g/mol. The zero-order valence-electron chi connectivity index (χ0n) is 18.2. The van der Waals surface area contributed by atoms with Crippen LogP contribution in [0, 0.1) is 5.82 Å². The predicted molar refractivity (Wildman–Crippen MR) is 121 cm³/mol. The lowest BCUT2D eigenvalue weighted by Gasteiger charge is -2.16. The first kappa shape index (κ1) is 23.9. The number of methoxy groups -OCH3 is 3. The second-order valence-corrected chi connectivity index (χ2v) is 8.49. The Bertz CT molecular complexity index is 1250. The summed E-state index contributed by atoms with van der Waals surface area (Å²) in [5.41, 5.74) is 0.828. The van der Waals surface area contributed by atoms with E-state index in [-0.39, 0.29) is 22.7 Å². The minimum atomic E-state index is -4.03. The van der Waals surface area contributed by atoms with Crippen molar-refractivity contribution in [1.29, 1.82) is 0 Å². The third-order valence-corrected chi connectivity index (χ3v) is 6.15. The number of hydrogen-bond donors (Lipinski definition) is 2. The number of anilines is 1. The highest BCUT2D eigenvalue weighted by Crippen LogP contribution is 2.34. The van der Waals surface area contributed by atoms with Gasteiger partial charge in [-0.1, -0.05) is 12.1 Å². The standard InChI is InChI=1S/C23H23FN2O6S/c1-30-20-13-22(32-3)21(31-2)12-15(20)14-25-23(27)18-6-4-5-7-19(18)26-33(28,29)17-10-8-16(24)9-11-17/h4-13,26H,14H2,1-3H3,(H,25,27). The Labute approximate surface area is 191 Å². The summed E-state index contributed by atoms with van der Waals surface area (Å²) in [7, 11) is 0.463. The molecule has 8 nitrogen and oxygen atoms in total. The fourth-order valence-corrected chi connectivity index (χ4v) is 4.17. The average Bonchev–Trinajstić information content (AvgIpc) is 2.82. The second kappa shape index (κ2) is 10.2. The lowest BCUT2D eigenvalue weighted by Crippen LogP contribution is -2.25. The molecule has 0 unspecified atom stereocenters. The third-order valence-electron chi connectivity index (χ3n) is 4.77. The Kier molecular flexibility index (Phi) is 7.39. The number of benzene rings is 3. The van der Waals surface area contributed by atoms with Crippen molar-refractivity contribution in [1.82, 2.24) is 5.32 Å². The van der Waals surface area contributed by atoms with Crippen molar-refractivity contribution in [2.75, 3.05) is 26.1 Å². The van der Waals surface area contributed by atoms with E-state index < -0.39 is 21.7 Å². The minimum absolute atomic E-state index is 0.0820. The maximum absolute atomic E-state index is 13.1. The zero-order valence-corrected chi connectivity index (χ0v) is 19.0. The summed E-state index contributed by atoms with van der Waals surface area (Å²) in [5.74, 6) is 0.363. The number of carbonyl (C=O) groups is 1. The van der Waals surface area contributed by atoms with Gasteiger partial charge in [0.1, 0.15) is 11.6 Å². The number of para-hydroxylation sites is 1. The quantitative estimate of drug-likeness (QED) is 0.491. The monoisotopic (exact) mass is 474 g/mol. The number of halogens is 1. The number of carbonyl (C=O) groups excluding carboxylic acids is 1. The topological polar surface area (TPSA) is 103 Å². The maximum Gasteiger partial charge on any atom is 0.261 e. The van der Waals surface area contributed by atoms with Crippen molar-refractivity contribution in [2.45, 2.75) is 11.4 Å². The molecule has 2 N–H and O–H groups in total. The van der Waals surface area contributed by atoms with Crippen LogP contribution in [0.1, 0.15) is 15.9 Å². The van der Waals surface area contributed by atoms with E-state index >= 15 is 0 Å². The summed E-state index contributed by atoms with van der Waals surface area (Å²) >= 11 is 0. The molecule has 3 aromatic carbocycles. The molecule has 1 amide bonds. The van der Waals surface area contributed by atoms with Crippen LogP contribution >= 0.6 is 0 Å². The fourth-order valence-electron chi connectivity index (χ4n) is 3.09. The van der Waals surface area contributed by atoms with Gasteiger partial charge in [-0.05, 0) is 42.5 Å². The van der Waals surface area contributed by atoms with E-state index in [0.29, 0.717) is 22.8 Å². The van der Waals surface area contributed by atoms with Crippen LogP contribution in [0.2, 0.25) is 0 Å². The first-order valence-corrected chi connectivity index (χ1v) is 11.2. The van der Waals surface area contributed by atoms with Crippen molar-refractivity contribution in [3.05, 3.63) is 77.6 Å². The predicted octanol–water partition coefficient (Wildman–Crippen LogP) is 3.58. The molecule has 0 aliphatic heterocycles. The smallest absolute Gasteiger partial charge is 0.261 e. The van der Waals surface area contributed by atoms with Gasteiger partial charge < -0.3 is 19.5 Å². The highest BCUT2D eigenvalue weighted by atomic mass is 32.2. The van der Waals surface area contributed by atoms with Gasteiger partial charge in [-0.15, -0.1) is 0 Å². The molecular weight excluding hydrogens is 451 g/mol. The molecule has 0 aliphatic rings. The van der Waals surface area contributed by atoms with Crippen LogP contribution < -0.4 is 24.2 Å². The number of ether oxygens (including phenoxy) is 3. The van der Waals surface area contributed by atoms with Gasteiger partial charge in [-0.25, -0.2) is 12.8 Å². The van der Waals surface area contributed by atoms with Gasteiger partial charge in [-0.3, -0.25) is 9.52 Å². The molecule has 0 radical (unpaired) electrons. The SMILES string of the molecule is COc1cc(OC)c(OC)cc1CNC(=O)c1ccccc1NS(=O)(=O)c1ccc(F)cc1. The summed E-state index contributed by atoms with van der Waals surface area (Å²) in [6.45, 7) is 0.0847. The highest BCUT2D eigenvalue weighted by molar-refractivity contribution is 7.92. The Balaban J connectivity index is 1.82. The molecule has 3 rings (SSSR count). The molecule has 0 saturated carbocycles. The van der Waals surface area contributed by atoms with E-state index in [4.69, 9.17) is 14.2 Å². The van der Waals surface area contributed by atoms with Crippen LogP contribution in [0.25, 0.3) is 0 Å². The van der Waals surface area contributed by atoms with E-state index in [0.717, 1.165) is 24.3 Å². The van der Waals surface area contributed by atoms with Crippen LogP contribution in [-0.4, -0.2) is 35.7 Å². The van der Waals surface area contributed by atoms with Gasteiger partial charge >= 0.3 is 0 Å². The summed E-state index contributed by atoms with van der Waals surface area (Å²) in [6.07, 6.45) is 0. The lowest BCUT2D eigenvalue weighted by molar-refractivity contribution is 0.0951. The highest BCUT2D eigenvalue weighted by Gasteiger charge is 2.19. The van der Waals surface area contributed by atoms with Gasteiger partial charge in [0.05, 0.1) is 37.5 Å². The third kappa shape index (κ3) is 5.53. The van der Waals surface area contributed by atoms with Crippen LogP contribution in [0.15, 0.2) is 65.6 Å². The molecule has 0 spiro atoms. The second-order valence-electron chi connectivity index (χ2n) is 6.81. The molecule has 3 aromatic rings. The molecule has 174 valence electrons. The number of rotatable bonds is 9. The maximum atomic E-state index is 13.1. The first-order valence-electron chi connectivity index (χ1n) is 9.73. The zero-order chi connectivity index (χ0) is 24.0. The number of hydrogen-bond acceptors (Lipinski definition) is 6. The number of amides is 1. The van der Waals surface area contributed by atoms with Crippen LogP contribution in [0.5, 0.6) is 17.2 Å². The first-order chi connectivity index (χ1) is 15.8. The van der Waals surface area contributed by atoms with Gasteiger partial charge in [-0.2, -0.15) is 0 Å². The van der Waals surface area contributed by atoms with Gasteiger partial charge in [0, 0.05) is 18.2 Å². The molecule has 0 aliphatic carbocycles.